The third kappa shape index (κ3) is 4.23. The van der Waals surface area contributed by atoms with Crippen LogP contribution in [0, 0.1) is 0 Å². The molecule has 1 rings (SSSR count). The molecule has 0 bridgehead atoms. The van der Waals surface area contributed by atoms with Gasteiger partial charge in [0, 0.05) is 25.0 Å². The predicted octanol–water partition coefficient (Wildman–Crippen LogP) is 2.11. The first-order valence-electron chi connectivity index (χ1n) is 6.17. The van der Waals surface area contributed by atoms with Crippen LogP contribution < -0.4 is 5.32 Å². The van der Waals surface area contributed by atoms with E-state index in [4.69, 9.17) is 0 Å². The van der Waals surface area contributed by atoms with E-state index in [0.29, 0.717) is 19.0 Å². The van der Waals surface area contributed by atoms with Crippen LogP contribution in [0.3, 0.4) is 0 Å². The Labute approximate surface area is 103 Å². The smallest absolute Gasteiger partial charge is 0.307 e. The van der Waals surface area contributed by atoms with Crippen LogP contribution in [0.15, 0.2) is 18.5 Å². The number of ether oxygens (including phenoxy) is 1. The minimum Gasteiger partial charge on any atom is -0.469 e. The van der Waals surface area contributed by atoms with Gasteiger partial charge in [-0.05, 0) is 24.6 Å². The van der Waals surface area contributed by atoms with Gasteiger partial charge in [-0.25, -0.2) is 0 Å². The van der Waals surface area contributed by atoms with Gasteiger partial charge in [0.25, 0.3) is 0 Å². The first-order valence-corrected chi connectivity index (χ1v) is 6.17. The molecule has 1 unspecified atom stereocenters. The van der Waals surface area contributed by atoms with Crippen LogP contribution in [0.4, 0.5) is 0 Å². The Balaban J connectivity index is 2.54. The molecular formula is C13H22N2O2. The van der Waals surface area contributed by atoms with E-state index < -0.39 is 0 Å². The normalized spacial score (nSPS) is 12.4. The van der Waals surface area contributed by atoms with Crippen molar-refractivity contribution in [2.24, 2.45) is 0 Å². The summed E-state index contributed by atoms with van der Waals surface area (Å²) in [6.07, 6.45) is 5.59. The third-order valence-electron chi connectivity index (χ3n) is 2.84. The molecule has 0 aliphatic heterocycles. The highest BCUT2D eigenvalue weighted by Gasteiger charge is 2.09. The first kappa shape index (κ1) is 13.8. The van der Waals surface area contributed by atoms with Gasteiger partial charge in [0.05, 0.1) is 13.5 Å². The molecule has 0 saturated heterocycles. The molecule has 0 aromatic carbocycles. The van der Waals surface area contributed by atoms with Gasteiger partial charge in [0.2, 0.25) is 0 Å². The molecule has 17 heavy (non-hydrogen) atoms. The topological polar surface area (TPSA) is 43.3 Å². The second-order valence-electron chi connectivity index (χ2n) is 4.03. The lowest BCUT2D eigenvalue weighted by Crippen LogP contribution is -2.19. The summed E-state index contributed by atoms with van der Waals surface area (Å²) in [5.74, 6) is -0.168. The van der Waals surface area contributed by atoms with Crippen molar-refractivity contribution in [2.75, 3.05) is 13.7 Å². The predicted molar refractivity (Wildman–Crippen MR) is 67.8 cm³/mol. The lowest BCUT2D eigenvalue weighted by atomic mass is 10.1. The van der Waals surface area contributed by atoms with Crippen molar-refractivity contribution in [1.82, 2.24) is 9.88 Å². The average molecular weight is 238 g/mol. The second-order valence-corrected chi connectivity index (χ2v) is 4.03. The number of nitrogens with one attached hydrogen (secondary N) is 1. The van der Waals surface area contributed by atoms with Crippen molar-refractivity contribution >= 4 is 5.97 Å². The van der Waals surface area contributed by atoms with Crippen LogP contribution in [0.5, 0.6) is 0 Å². The average Bonchev–Trinajstić information content (AvgIpc) is 2.81. The number of aromatic nitrogens is 1. The van der Waals surface area contributed by atoms with Gasteiger partial charge in [-0.2, -0.15) is 0 Å². The van der Waals surface area contributed by atoms with Crippen LogP contribution in [-0.2, 0) is 16.1 Å². The van der Waals surface area contributed by atoms with Crippen LogP contribution in [0.1, 0.15) is 38.3 Å². The third-order valence-corrected chi connectivity index (χ3v) is 2.84. The van der Waals surface area contributed by atoms with E-state index in [1.165, 1.54) is 12.7 Å². The van der Waals surface area contributed by atoms with Crippen molar-refractivity contribution in [3.8, 4) is 0 Å². The summed E-state index contributed by atoms with van der Waals surface area (Å²) in [4.78, 5) is 11.0. The monoisotopic (exact) mass is 238 g/mol. The van der Waals surface area contributed by atoms with Gasteiger partial charge in [-0.1, -0.05) is 13.8 Å². The van der Waals surface area contributed by atoms with E-state index in [1.807, 2.05) is 10.8 Å². The maximum absolute atomic E-state index is 11.0. The van der Waals surface area contributed by atoms with Crippen molar-refractivity contribution in [3.05, 3.63) is 24.0 Å². The fourth-order valence-corrected chi connectivity index (χ4v) is 1.87. The number of rotatable bonds is 7. The van der Waals surface area contributed by atoms with Crippen molar-refractivity contribution in [1.29, 1.82) is 0 Å². The summed E-state index contributed by atoms with van der Waals surface area (Å²) in [7, 11) is 1.42. The Hall–Kier alpha value is -1.29. The Morgan fingerprint density at radius 2 is 2.29 bits per heavy atom. The zero-order chi connectivity index (χ0) is 12.7. The molecule has 96 valence electrons. The highest BCUT2D eigenvalue weighted by molar-refractivity contribution is 5.68. The Bertz CT molecular complexity index is 347. The zero-order valence-electron chi connectivity index (χ0n) is 10.9. The summed E-state index contributed by atoms with van der Waals surface area (Å²) in [5, 5.41) is 3.43. The summed E-state index contributed by atoms with van der Waals surface area (Å²) in [5.41, 5.74) is 1.28. The molecule has 0 aliphatic rings. The Kier molecular flexibility index (Phi) is 5.77. The van der Waals surface area contributed by atoms with Gasteiger partial charge < -0.3 is 14.6 Å². The molecule has 0 amide bonds. The van der Waals surface area contributed by atoms with Crippen molar-refractivity contribution in [2.45, 2.75) is 39.3 Å². The molecule has 0 saturated carbocycles. The molecule has 0 spiro atoms. The molecule has 0 radical (unpaired) electrons. The van der Waals surface area contributed by atoms with Crippen LogP contribution in [0.25, 0.3) is 0 Å². The lowest BCUT2D eigenvalue weighted by Gasteiger charge is -2.13. The van der Waals surface area contributed by atoms with E-state index in [-0.39, 0.29) is 5.97 Å². The summed E-state index contributed by atoms with van der Waals surface area (Å²) < 4.78 is 6.66. The number of carbonyl (C=O) groups is 1. The molecule has 1 atom stereocenters. The van der Waals surface area contributed by atoms with Gasteiger partial charge in [-0.15, -0.1) is 0 Å². The SMILES string of the molecule is CCNC(CC)c1ccn(CCC(=O)OC)c1. The minimum atomic E-state index is -0.168. The highest BCUT2D eigenvalue weighted by atomic mass is 16.5. The van der Waals surface area contributed by atoms with Crippen molar-refractivity contribution in [3.63, 3.8) is 0 Å². The number of hydrogen-bond acceptors (Lipinski definition) is 3. The molecule has 4 heteroatoms. The van der Waals surface area contributed by atoms with E-state index in [0.717, 1.165) is 13.0 Å². The number of carbonyl (C=O) groups excluding carboxylic acids is 1. The summed E-state index contributed by atoms with van der Waals surface area (Å²) in [6, 6.07) is 2.51. The van der Waals surface area contributed by atoms with E-state index in [2.05, 4.69) is 36.2 Å². The quantitative estimate of drug-likeness (QED) is 0.740. The molecule has 4 nitrogen and oxygen atoms in total. The van der Waals surface area contributed by atoms with Gasteiger partial charge in [0.15, 0.2) is 0 Å². The number of nitrogens with zero attached hydrogens (tertiary/aromatic N) is 1. The van der Waals surface area contributed by atoms with E-state index in [9.17, 15) is 4.79 Å². The zero-order valence-corrected chi connectivity index (χ0v) is 10.9. The maximum atomic E-state index is 11.0. The maximum Gasteiger partial charge on any atom is 0.307 e. The fourth-order valence-electron chi connectivity index (χ4n) is 1.87. The van der Waals surface area contributed by atoms with Crippen LogP contribution >= 0.6 is 0 Å². The largest absolute Gasteiger partial charge is 0.469 e. The van der Waals surface area contributed by atoms with Crippen LogP contribution in [-0.4, -0.2) is 24.2 Å². The lowest BCUT2D eigenvalue weighted by molar-refractivity contribution is -0.140. The molecular weight excluding hydrogens is 216 g/mol. The second kappa shape index (κ2) is 7.12. The Morgan fingerprint density at radius 1 is 1.53 bits per heavy atom. The molecule has 0 fully saturated rings. The molecule has 1 aromatic rings. The van der Waals surface area contributed by atoms with E-state index in [1.54, 1.807) is 0 Å². The number of aryl methyl sites for hydroxylation is 1. The minimum absolute atomic E-state index is 0.168. The molecule has 1 heterocycles. The van der Waals surface area contributed by atoms with Crippen molar-refractivity contribution < 1.29 is 9.53 Å². The number of hydrogen-bond donors (Lipinski definition) is 1. The Morgan fingerprint density at radius 3 is 2.88 bits per heavy atom. The van der Waals surface area contributed by atoms with Gasteiger partial charge in [0.1, 0.15) is 0 Å². The molecule has 1 N–H and O–H groups in total. The molecule has 0 aliphatic carbocycles. The first-order chi connectivity index (χ1) is 8.21. The summed E-state index contributed by atoms with van der Waals surface area (Å²) >= 11 is 0. The standard InChI is InChI=1S/C13H22N2O2/c1-4-12(14-5-2)11-6-8-15(10-11)9-7-13(16)17-3/h6,8,10,12,14H,4-5,7,9H2,1-3H3. The van der Waals surface area contributed by atoms with Gasteiger partial charge in [-0.3, -0.25) is 4.79 Å². The number of esters is 1. The summed E-state index contributed by atoms with van der Waals surface area (Å²) in [6.45, 7) is 5.91. The molecule has 1 aromatic heterocycles. The fraction of sp³-hybridized carbons (Fsp3) is 0.615. The number of methoxy groups -OCH3 is 1. The van der Waals surface area contributed by atoms with E-state index >= 15 is 0 Å². The van der Waals surface area contributed by atoms with Gasteiger partial charge >= 0.3 is 5.97 Å². The van der Waals surface area contributed by atoms with Crippen LogP contribution in [0.2, 0.25) is 0 Å². The highest BCUT2D eigenvalue weighted by Crippen LogP contribution is 2.16.